The van der Waals surface area contributed by atoms with Crippen LogP contribution in [0.25, 0.3) is 0 Å². The minimum absolute atomic E-state index is 0.0671. The Balaban J connectivity index is 0.000000271. The van der Waals surface area contributed by atoms with Crippen LogP contribution in [0.5, 0.6) is 5.75 Å². The predicted octanol–water partition coefficient (Wildman–Crippen LogP) is 1.65. The third-order valence-electron chi connectivity index (χ3n) is 3.41. The van der Waals surface area contributed by atoms with Crippen LogP contribution in [0.4, 0.5) is 0 Å². The second-order valence-corrected chi connectivity index (χ2v) is 5.20. The number of aliphatic carboxylic acids is 1. The summed E-state index contributed by atoms with van der Waals surface area (Å²) in [5.74, 6) is -3.52. The molecule has 25 heavy (non-hydrogen) atoms. The maximum atomic E-state index is 11.2. The van der Waals surface area contributed by atoms with Crippen molar-refractivity contribution in [2.24, 2.45) is 0 Å². The van der Waals surface area contributed by atoms with Gasteiger partial charge < -0.3 is 15.3 Å². The number of carboxylic acid groups (broad SMARTS) is 2. The molecule has 0 fully saturated rings. The van der Waals surface area contributed by atoms with Crippen molar-refractivity contribution in [1.82, 2.24) is 4.90 Å². The van der Waals surface area contributed by atoms with Gasteiger partial charge in [-0.1, -0.05) is 31.9 Å². The quantitative estimate of drug-likeness (QED) is 0.665. The first kappa shape index (κ1) is 19.9. The average molecular weight is 349 g/mol. The molecule has 0 saturated carbocycles. The summed E-state index contributed by atoms with van der Waals surface area (Å²) >= 11 is 0. The van der Waals surface area contributed by atoms with Crippen molar-refractivity contribution in [1.29, 1.82) is 0 Å². The number of hydrogen-bond donors (Lipinski definition) is 3. The van der Waals surface area contributed by atoms with Gasteiger partial charge in [-0.2, -0.15) is 0 Å². The monoisotopic (exact) mass is 349 g/mol. The fraction of sp³-hybridized carbons (Fsp3) is 0.294. The molecule has 0 spiro atoms. The highest BCUT2D eigenvalue weighted by molar-refractivity contribution is 6.14. The molecule has 1 unspecified atom stereocenters. The van der Waals surface area contributed by atoms with E-state index in [4.69, 9.17) is 15.3 Å². The van der Waals surface area contributed by atoms with Crippen LogP contribution in [0, 0.1) is 0 Å². The summed E-state index contributed by atoms with van der Waals surface area (Å²) in [5.41, 5.74) is -0.0671. The number of unbranched alkanes of at least 4 members (excludes halogenated alkanes) is 1. The van der Waals surface area contributed by atoms with Gasteiger partial charge in [0.2, 0.25) is 0 Å². The number of carbonyl (C=O) groups is 4. The first-order valence-corrected chi connectivity index (χ1v) is 7.58. The highest BCUT2D eigenvalue weighted by Crippen LogP contribution is 2.15. The van der Waals surface area contributed by atoms with Crippen LogP contribution in [-0.2, 0) is 14.4 Å². The van der Waals surface area contributed by atoms with E-state index in [0.717, 1.165) is 23.5 Å². The summed E-state index contributed by atoms with van der Waals surface area (Å²) in [7, 11) is 0. The molecule has 1 atom stereocenters. The number of imide groups is 1. The lowest BCUT2D eigenvalue weighted by Gasteiger charge is -2.21. The predicted molar refractivity (Wildman–Crippen MR) is 87.0 cm³/mol. The zero-order valence-corrected chi connectivity index (χ0v) is 13.6. The number of hydrogen-bond acceptors (Lipinski definition) is 5. The summed E-state index contributed by atoms with van der Waals surface area (Å²) in [6.45, 7) is 1.92. The highest BCUT2D eigenvalue weighted by atomic mass is 16.4. The Kier molecular flexibility index (Phi) is 7.33. The Hall–Kier alpha value is -3.16. The number of rotatable bonds is 6. The number of aromatic carboxylic acids is 1. The molecule has 1 aromatic rings. The van der Waals surface area contributed by atoms with Gasteiger partial charge in [-0.25, -0.2) is 9.59 Å². The minimum Gasteiger partial charge on any atom is -0.507 e. The molecule has 3 N–H and O–H groups in total. The van der Waals surface area contributed by atoms with E-state index < -0.39 is 29.8 Å². The van der Waals surface area contributed by atoms with Crippen LogP contribution in [0.2, 0.25) is 0 Å². The molecule has 2 rings (SSSR count). The second-order valence-electron chi connectivity index (χ2n) is 5.20. The van der Waals surface area contributed by atoms with Crippen LogP contribution < -0.4 is 0 Å². The van der Waals surface area contributed by atoms with Gasteiger partial charge in [0.05, 0.1) is 0 Å². The van der Waals surface area contributed by atoms with Crippen LogP contribution in [0.1, 0.15) is 36.5 Å². The Morgan fingerprint density at radius 2 is 1.64 bits per heavy atom. The van der Waals surface area contributed by atoms with Crippen molar-refractivity contribution >= 4 is 23.8 Å². The molecular formula is C17H19NO7. The molecule has 134 valence electrons. The Morgan fingerprint density at radius 1 is 1.08 bits per heavy atom. The van der Waals surface area contributed by atoms with E-state index in [1.54, 1.807) is 12.1 Å². The third kappa shape index (κ3) is 5.45. The van der Waals surface area contributed by atoms with E-state index in [2.05, 4.69) is 0 Å². The zero-order valence-electron chi connectivity index (χ0n) is 13.6. The maximum absolute atomic E-state index is 11.2. The summed E-state index contributed by atoms with van der Waals surface area (Å²) in [6.07, 6.45) is 4.01. The molecule has 8 nitrogen and oxygen atoms in total. The van der Waals surface area contributed by atoms with E-state index in [1.165, 1.54) is 12.1 Å². The largest absolute Gasteiger partial charge is 0.507 e. The molecule has 2 amide bonds. The second kappa shape index (κ2) is 9.21. The molecule has 8 heteroatoms. The lowest BCUT2D eigenvalue weighted by molar-refractivity contribution is -0.153. The maximum Gasteiger partial charge on any atom is 0.339 e. The first-order chi connectivity index (χ1) is 11.8. The molecule has 0 radical (unpaired) electrons. The van der Waals surface area contributed by atoms with Gasteiger partial charge in [-0.05, 0) is 18.6 Å². The van der Waals surface area contributed by atoms with E-state index in [1.807, 2.05) is 6.92 Å². The summed E-state index contributed by atoms with van der Waals surface area (Å²) in [5, 5.41) is 26.2. The molecule has 1 aromatic carbocycles. The van der Waals surface area contributed by atoms with Crippen molar-refractivity contribution in [3.05, 3.63) is 42.0 Å². The molecule has 1 aliphatic heterocycles. The highest BCUT2D eigenvalue weighted by Gasteiger charge is 2.35. The molecule has 1 aliphatic rings. The van der Waals surface area contributed by atoms with Gasteiger partial charge >= 0.3 is 11.9 Å². The first-order valence-electron chi connectivity index (χ1n) is 7.58. The van der Waals surface area contributed by atoms with Gasteiger partial charge in [0.1, 0.15) is 17.4 Å². The smallest absolute Gasteiger partial charge is 0.339 e. The number of carboxylic acids is 2. The number of aromatic hydroxyl groups is 1. The SMILES string of the molecule is CCCCC(C(=O)O)N1C(=O)C=CC1=O.O=C(O)c1ccccc1O. The molecular weight excluding hydrogens is 330 g/mol. The van der Waals surface area contributed by atoms with Crippen LogP contribution >= 0.6 is 0 Å². The number of amides is 2. The van der Waals surface area contributed by atoms with Crippen molar-refractivity contribution in [2.75, 3.05) is 0 Å². The van der Waals surface area contributed by atoms with Crippen LogP contribution in [0.15, 0.2) is 36.4 Å². The Bertz CT molecular complexity index is 678. The molecule has 0 bridgehead atoms. The van der Waals surface area contributed by atoms with Crippen molar-refractivity contribution in [2.45, 2.75) is 32.2 Å². The topological polar surface area (TPSA) is 132 Å². The fourth-order valence-electron chi connectivity index (χ4n) is 2.13. The lowest BCUT2D eigenvalue weighted by atomic mass is 10.1. The molecule has 1 heterocycles. The lowest BCUT2D eigenvalue weighted by Crippen LogP contribution is -2.44. The summed E-state index contributed by atoms with van der Waals surface area (Å²) in [6, 6.07) is 4.78. The van der Waals surface area contributed by atoms with E-state index in [-0.39, 0.29) is 11.3 Å². The van der Waals surface area contributed by atoms with E-state index in [0.29, 0.717) is 12.8 Å². The zero-order chi connectivity index (χ0) is 19.0. The van der Waals surface area contributed by atoms with Gasteiger partial charge in [-0.15, -0.1) is 0 Å². The van der Waals surface area contributed by atoms with Gasteiger partial charge in [0.15, 0.2) is 0 Å². The average Bonchev–Trinajstić information content (AvgIpc) is 2.88. The van der Waals surface area contributed by atoms with Crippen LogP contribution in [-0.4, -0.2) is 50.0 Å². The van der Waals surface area contributed by atoms with Crippen molar-refractivity contribution in [3.8, 4) is 5.75 Å². The number of phenols is 1. The van der Waals surface area contributed by atoms with Crippen molar-refractivity contribution < 1.29 is 34.5 Å². The minimum atomic E-state index is -1.13. The fourth-order valence-corrected chi connectivity index (χ4v) is 2.13. The van der Waals surface area contributed by atoms with Gasteiger partial charge in [0, 0.05) is 12.2 Å². The van der Waals surface area contributed by atoms with Crippen LogP contribution in [0.3, 0.4) is 0 Å². The molecule has 0 saturated heterocycles. The van der Waals surface area contributed by atoms with E-state index >= 15 is 0 Å². The van der Waals surface area contributed by atoms with Gasteiger partial charge in [0.25, 0.3) is 11.8 Å². The standard InChI is InChI=1S/C10H13NO4.C7H6O3/c1-2-3-4-7(10(14)15)11-8(12)5-6-9(11)13;8-6-4-2-1-3-5(6)7(9)10/h5-7H,2-4H2,1H3,(H,14,15);1-4,8H,(H,9,10). The van der Waals surface area contributed by atoms with Gasteiger partial charge in [-0.3, -0.25) is 14.5 Å². The number of nitrogens with zero attached hydrogens (tertiary/aromatic N) is 1. The van der Waals surface area contributed by atoms with Crippen molar-refractivity contribution in [3.63, 3.8) is 0 Å². The number of benzene rings is 1. The third-order valence-corrected chi connectivity index (χ3v) is 3.41. The van der Waals surface area contributed by atoms with E-state index in [9.17, 15) is 19.2 Å². The molecule has 0 aromatic heterocycles. The Morgan fingerprint density at radius 3 is 2.04 bits per heavy atom. The molecule has 0 aliphatic carbocycles. The number of carbonyl (C=O) groups excluding carboxylic acids is 2. The number of para-hydroxylation sites is 1. The normalized spacial score (nSPS) is 14.0. The Labute approximate surface area is 144 Å². The summed E-state index contributed by atoms with van der Waals surface area (Å²) < 4.78 is 0. The summed E-state index contributed by atoms with van der Waals surface area (Å²) in [4.78, 5) is 44.5.